The van der Waals surface area contributed by atoms with E-state index in [1.54, 1.807) is 43.3 Å². The van der Waals surface area contributed by atoms with Crippen molar-refractivity contribution in [1.82, 2.24) is 9.97 Å². The highest BCUT2D eigenvalue weighted by atomic mass is 32.2. The molecule has 0 radical (unpaired) electrons. The zero-order chi connectivity index (χ0) is 27.9. The van der Waals surface area contributed by atoms with E-state index in [2.05, 4.69) is 21.8 Å². The first-order valence-corrected chi connectivity index (χ1v) is 13.7. The number of nitrogens with zero attached hydrogens (tertiary/aromatic N) is 3. The van der Waals surface area contributed by atoms with Gasteiger partial charge in [0, 0.05) is 18.7 Å². The van der Waals surface area contributed by atoms with E-state index >= 15 is 0 Å². The molecule has 1 aromatic carbocycles. The van der Waals surface area contributed by atoms with Gasteiger partial charge < -0.3 is 4.90 Å². The van der Waals surface area contributed by atoms with Crippen LogP contribution in [0.1, 0.15) is 43.0 Å². The molecule has 0 amide bonds. The number of aryl methyl sites for hydroxylation is 1. The summed E-state index contributed by atoms with van der Waals surface area (Å²) in [6.45, 7) is 5.48. The summed E-state index contributed by atoms with van der Waals surface area (Å²) in [6, 6.07) is 13.5. The fourth-order valence-electron chi connectivity index (χ4n) is 4.48. The van der Waals surface area contributed by atoms with Gasteiger partial charge in [-0.3, -0.25) is 4.98 Å². The molecule has 2 aromatic heterocycles. The second kappa shape index (κ2) is 12.3. The summed E-state index contributed by atoms with van der Waals surface area (Å²) in [7, 11) is -3.93. The van der Waals surface area contributed by atoms with Gasteiger partial charge >= 0.3 is 12.3 Å². The van der Waals surface area contributed by atoms with Crippen LogP contribution in [-0.4, -0.2) is 37.6 Å². The lowest BCUT2D eigenvalue weighted by Gasteiger charge is -2.33. The maximum absolute atomic E-state index is 13.7. The van der Waals surface area contributed by atoms with Gasteiger partial charge in [0.15, 0.2) is 5.03 Å². The molecule has 4 rings (SSSR count). The largest absolute Gasteiger partial charge is 0.418 e. The number of halogens is 3. The first-order valence-electron chi connectivity index (χ1n) is 12.1. The number of rotatable bonds is 6. The maximum Gasteiger partial charge on any atom is 0.418 e. The van der Waals surface area contributed by atoms with Crippen molar-refractivity contribution in [3.63, 3.8) is 0 Å². The third-order valence-electron chi connectivity index (χ3n) is 6.44. The van der Waals surface area contributed by atoms with Crippen LogP contribution in [-0.2, 0) is 31.4 Å². The molecule has 0 bridgehead atoms. The Kier molecular flexibility index (Phi) is 9.40. The Morgan fingerprint density at radius 1 is 1.03 bits per heavy atom. The van der Waals surface area contributed by atoms with E-state index < -0.39 is 27.3 Å². The molecular formula is C27H28F3N3O4S. The highest BCUT2D eigenvalue weighted by Crippen LogP contribution is 2.37. The second-order valence-corrected chi connectivity index (χ2v) is 11.0. The number of pyridine rings is 2. The van der Waals surface area contributed by atoms with Crippen LogP contribution in [0.15, 0.2) is 59.6 Å². The highest BCUT2D eigenvalue weighted by molar-refractivity contribution is 7.90. The summed E-state index contributed by atoms with van der Waals surface area (Å²) in [6.07, 6.45) is -1.15. The molecular weight excluding hydrogens is 519 g/mol. The lowest BCUT2D eigenvalue weighted by molar-refractivity contribution is -0.191. The molecule has 0 saturated carbocycles. The number of benzene rings is 1. The molecule has 1 atom stereocenters. The average molecular weight is 548 g/mol. The van der Waals surface area contributed by atoms with Gasteiger partial charge in [0.2, 0.25) is 9.84 Å². The topological polar surface area (TPSA) is 97.3 Å². The molecule has 11 heteroatoms. The molecule has 1 fully saturated rings. The number of sulfone groups is 1. The zero-order valence-electron chi connectivity index (χ0n) is 21.0. The van der Waals surface area contributed by atoms with Crippen molar-refractivity contribution >= 4 is 21.8 Å². The molecule has 1 unspecified atom stereocenters. The minimum atomic E-state index is -4.62. The summed E-state index contributed by atoms with van der Waals surface area (Å²) in [5, 5.41) is -0.104. The van der Waals surface area contributed by atoms with E-state index in [-0.39, 0.29) is 22.6 Å². The number of aromatic nitrogens is 2. The molecule has 0 aliphatic carbocycles. The second-order valence-electron chi connectivity index (χ2n) is 9.05. The Balaban J connectivity index is 0.00000127. The van der Waals surface area contributed by atoms with Crippen molar-refractivity contribution in [2.45, 2.75) is 50.1 Å². The predicted molar refractivity (Wildman–Crippen MR) is 135 cm³/mol. The van der Waals surface area contributed by atoms with E-state index in [1.165, 1.54) is 6.07 Å². The van der Waals surface area contributed by atoms with Crippen LogP contribution in [0.3, 0.4) is 0 Å². The Hall–Kier alpha value is -3.56. The lowest BCUT2D eigenvalue weighted by Crippen LogP contribution is -2.35. The van der Waals surface area contributed by atoms with Gasteiger partial charge in [-0.25, -0.2) is 13.4 Å². The average Bonchev–Trinajstić information content (AvgIpc) is 2.88. The smallest absolute Gasteiger partial charge is 0.356 e. The Labute approximate surface area is 219 Å². The van der Waals surface area contributed by atoms with E-state index in [1.807, 2.05) is 0 Å². The van der Waals surface area contributed by atoms with Crippen molar-refractivity contribution in [2.24, 2.45) is 5.92 Å². The van der Waals surface area contributed by atoms with Crippen LogP contribution >= 0.6 is 0 Å². The normalized spacial score (nSPS) is 15.8. The van der Waals surface area contributed by atoms with Gasteiger partial charge in [-0.1, -0.05) is 43.7 Å². The number of anilines is 1. The Morgan fingerprint density at radius 3 is 2.39 bits per heavy atom. The number of hydrogen-bond acceptors (Lipinski definition) is 7. The first kappa shape index (κ1) is 29.0. The molecule has 3 aromatic rings. The third kappa shape index (κ3) is 7.05. The van der Waals surface area contributed by atoms with Crippen molar-refractivity contribution in [2.75, 3.05) is 18.0 Å². The molecule has 1 aliphatic rings. The zero-order valence-corrected chi connectivity index (χ0v) is 21.8. The summed E-state index contributed by atoms with van der Waals surface area (Å²) < 4.78 is 67.5. The van der Waals surface area contributed by atoms with Crippen LogP contribution in [0.2, 0.25) is 0 Å². The van der Waals surface area contributed by atoms with Crippen LogP contribution in [0.25, 0.3) is 11.3 Å². The Bertz CT molecular complexity index is 1400. The standard InChI is InChI=1S/C26H28F3N3O2S.CO2/c1-3-19-9-7-15-32(16-19)23-11-6-12-24(31-23)35(33,34)17-20-13-14-22(26(27,28)29)25(30-20)21-10-5-4-8-18(21)2;2-1-3/h4-6,8,10-14,19H,3,7,9,15-17H2,1-2H3;. The van der Waals surface area contributed by atoms with Crippen LogP contribution in [0.5, 0.6) is 0 Å². The van der Waals surface area contributed by atoms with E-state index in [4.69, 9.17) is 9.59 Å². The van der Waals surface area contributed by atoms with Crippen molar-refractivity contribution in [3.05, 3.63) is 71.4 Å². The molecule has 1 aliphatic heterocycles. The highest BCUT2D eigenvalue weighted by Gasteiger charge is 2.35. The van der Waals surface area contributed by atoms with E-state index in [9.17, 15) is 21.6 Å². The maximum atomic E-state index is 13.7. The molecule has 0 N–H and O–H groups in total. The van der Waals surface area contributed by atoms with Gasteiger partial charge in [0.05, 0.1) is 22.7 Å². The molecule has 7 nitrogen and oxygen atoms in total. The summed E-state index contributed by atoms with van der Waals surface area (Å²) in [4.78, 5) is 26.9. The summed E-state index contributed by atoms with van der Waals surface area (Å²) in [5.41, 5.74) is -0.207. The van der Waals surface area contributed by atoms with Crippen LogP contribution < -0.4 is 4.90 Å². The predicted octanol–water partition coefficient (Wildman–Crippen LogP) is 5.49. The van der Waals surface area contributed by atoms with E-state index in [0.717, 1.165) is 44.5 Å². The molecule has 3 heterocycles. The lowest BCUT2D eigenvalue weighted by atomic mass is 9.96. The van der Waals surface area contributed by atoms with Crippen molar-refractivity contribution in [1.29, 1.82) is 0 Å². The number of piperidine rings is 1. The number of alkyl halides is 3. The first-order chi connectivity index (χ1) is 18.0. The van der Waals surface area contributed by atoms with Gasteiger partial charge in [0.25, 0.3) is 0 Å². The minimum absolute atomic E-state index is 0.0347. The SMILES string of the molecule is CCC1CCCN(c2cccc(S(=O)(=O)Cc3ccc(C(F)(F)F)c(-c4ccccc4C)n3)n2)C1.O=C=O. The summed E-state index contributed by atoms with van der Waals surface area (Å²) >= 11 is 0. The van der Waals surface area contributed by atoms with E-state index in [0.29, 0.717) is 22.9 Å². The molecule has 0 spiro atoms. The molecule has 38 heavy (non-hydrogen) atoms. The number of carbonyl (C=O) groups excluding carboxylic acids is 2. The third-order valence-corrected chi connectivity index (χ3v) is 7.98. The fourth-order valence-corrected chi connectivity index (χ4v) is 5.70. The summed E-state index contributed by atoms with van der Waals surface area (Å²) in [5.74, 6) is 0.602. The molecule has 202 valence electrons. The monoisotopic (exact) mass is 547 g/mol. The Morgan fingerprint density at radius 2 is 1.74 bits per heavy atom. The number of hydrogen-bond donors (Lipinski definition) is 0. The van der Waals surface area contributed by atoms with Gasteiger partial charge in [-0.05, 0) is 55.5 Å². The van der Waals surface area contributed by atoms with Crippen molar-refractivity contribution < 1.29 is 31.2 Å². The van der Waals surface area contributed by atoms with Gasteiger partial charge in [-0.2, -0.15) is 22.8 Å². The van der Waals surface area contributed by atoms with Gasteiger partial charge in [0.1, 0.15) is 5.82 Å². The van der Waals surface area contributed by atoms with Gasteiger partial charge in [-0.15, -0.1) is 0 Å². The fraction of sp³-hybridized carbons (Fsp3) is 0.370. The van der Waals surface area contributed by atoms with Crippen LogP contribution in [0.4, 0.5) is 19.0 Å². The molecule has 1 saturated heterocycles. The van der Waals surface area contributed by atoms with Crippen LogP contribution in [0, 0.1) is 12.8 Å². The van der Waals surface area contributed by atoms with Crippen molar-refractivity contribution in [3.8, 4) is 11.3 Å². The minimum Gasteiger partial charge on any atom is -0.356 e. The quantitative estimate of drug-likeness (QED) is 0.403.